The lowest BCUT2D eigenvalue weighted by atomic mass is 10.1. The van der Waals surface area contributed by atoms with Gasteiger partial charge in [-0.15, -0.1) is 0 Å². The molecule has 2 N–H and O–H groups in total. The predicted molar refractivity (Wildman–Crippen MR) is 96.7 cm³/mol. The Morgan fingerprint density at radius 3 is 2.96 bits per heavy atom. The molecule has 2 aromatic heterocycles. The zero-order chi connectivity index (χ0) is 17.1. The molecule has 0 amide bonds. The van der Waals surface area contributed by atoms with Gasteiger partial charge in [-0.1, -0.05) is 11.6 Å². The van der Waals surface area contributed by atoms with Crippen LogP contribution in [0.4, 0.5) is 0 Å². The van der Waals surface area contributed by atoms with Gasteiger partial charge in [-0.2, -0.15) is 5.10 Å². The topological polar surface area (TPSA) is 71.9 Å². The van der Waals surface area contributed by atoms with Gasteiger partial charge in [-0.05, 0) is 39.1 Å². The van der Waals surface area contributed by atoms with Crippen molar-refractivity contribution >= 4 is 21.8 Å². The van der Waals surface area contributed by atoms with E-state index in [9.17, 15) is 4.79 Å². The summed E-state index contributed by atoms with van der Waals surface area (Å²) >= 11 is 0. The van der Waals surface area contributed by atoms with Crippen molar-refractivity contribution in [1.82, 2.24) is 20.1 Å². The molecule has 0 aliphatic rings. The van der Waals surface area contributed by atoms with Crippen molar-refractivity contribution in [2.45, 2.75) is 26.3 Å². The number of methoxy groups -OCH3 is 1. The van der Waals surface area contributed by atoms with Gasteiger partial charge < -0.3 is 14.6 Å². The average molecular weight is 328 g/mol. The Morgan fingerprint density at radius 2 is 2.21 bits per heavy atom. The highest BCUT2D eigenvalue weighted by molar-refractivity contribution is 6.04. The van der Waals surface area contributed by atoms with Crippen LogP contribution in [0.15, 0.2) is 23.0 Å². The van der Waals surface area contributed by atoms with E-state index in [0.717, 1.165) is 40.6 Å². The van der Waals surface area contributed by atoms with E-state index >= 15 is 0 Å². The number of H-pyrrole nitrogens is 1. The Balaban J connectivity index is 2.25. The Morgan fingerprint density at radius 1 is 1.38 bits per heavy atom. The van der Waals surface area contributed by atoms with Gasteiger partial charge in [0, 0.05) is 25.5 Å². The number of ether oxygens (including phenoxy) is 1. The Hall–Kier alpha value is -2.18. The number of aryl methyl sites for hydroxylation is 2. The molecule has 0 spiro atoms. The maximum absolute atomic E-state index is 13.1. The number of aromatic nitrogens is 3. The van der Waals surface area contributed by atoms with Crippen LogP contribution in [0.25, 0.3) is 21.8 Å². The molecule has 0 fully saturated rings. The number of rotatable bonds is 7. The second kappa shape index (κ2) is 7.15. The second-order valence-electron chi connectivity index (χ2n) is 6.10. The van der Waals surface area contributed by atoms with Crippen LogP contribution in [-0.4, -0.2) is 42.1 Å². The van der Waals surface area contributed by atoms with E-state index in [2.05, 4.69) is 28.5 Å². The monoisotopic (exact) mass is 328 g/mol. The van der Waals surface area contributed by atoms with E-state index in [-0.39, 0.29) is 5.56 Å². The van der Waals surface area contributed by atoms with Gasteiger partial charge in [0.15, 0.2) is 0 Å². The van der Waals surface area contributed by atoms with Gasteiger partial charge in [0.25, 0.3) is 5.56 Å². The van der Waals surface area contributed by atoms with Crippen LogP contribution in [0.1, 0.15) is 17.7 Å². The summed E-state index contributed by atoms with van der Waals surface area (Å²) in [6.45, 7) is 4.17. The van der Waals surface area contributed by atoms with Gasteiger partial charge >= 0.3 is 0 Å². The maximum Gasteiger partial charge on any atom is 0.262 e. The fraction of sp³-hybridized carbons (Fsp3) is 0.444. The van der Waals surface area contributed by atoms with E-state index in [1.54, 1.807) is 7.11 Å². The molecule has 1 aromatic carbocycles. The van der Waals surface area contributed by atoms with Gasteiger partial charge in [0.1, 0.15) is 5.52 Å². The quantitative estimate of drug-likeness (QED) is 0.651. The third kappa shape index (κ3) is 2.95. The maximum atomic E-state index is 13.1. The molecule has 0 saturated carbocycles. The molecule has 0 saturated heterocycles. The Kier molecular flexibility index (Phi) is 4.97. The van der Waals surface area contributed by atoms with Gasteiger partial charge in [-0.3, -0.25) is 9.89 Å². The number of aromatic amines is 1. The van der Waals surface area contributed by atoms with Crippen LogP contribution < -0.4 is 10.9 Å². The number of nitrogens with one attached hydrogen (secondary N) is 2. The zero-order valence-corrected chi connectivity index (χ0v) is 14.5. The van der Waals surface area contributed by atoms with Crippen molar-refractivity contribution < 1.29 is 4.74 Å². The van der Waals surface area contributed by atoms with E-state index in [4.69, 9.17) is 4.74 Å². The number of pyridine rings is 1. The van der Waals surface area contributed by atoms with Crippen LogP contribution in [0.5, 0.6) is 0 Å². The third-order valence-electron chi connectivity index (χ3n) is 4.36. The summed E-state index contributed by atoms with van der Waals surface area (Å²) in [5, 5.41) is 12.3. The van der Waals surface area contributed by atoms with E-state index in [1.165, 1.54) is 0 Å². The fourth-order valence-electron chi connectivity index (χ4n) is 3.14. The zero-order valence-electron chi connectivity index (χ0n) is 14.5. The number of nitrogens with zero attached hydrogens (tertiary/aromatic N) is 2. The summed E-state index contributed by atoms with van der Waals surface area (Å²) in [5.41, 5.74) is 3.74. The molecule has 128 valence electrons. The smallest absolute Gasteiger partial charge is 0.262 e. The van der Waals surface area contributed by atoms with Crippen LogP contribution in [0.3, 0.4) is 0 Å². The standard InChI is InChI=1S/C18H24N4O2/c1-12-5-6-15-13(11-12)17-16(14(20-21-17)7-10-24-3)18(23)22(15)9-4-8-19-2/h5-6,11,19H,4,7-10H2,1-3H3,(H,20,21). The highest BCUT2D eigenvalue weighted by Gasteiger charge is 2.16. The minimum atomic E-state index is 0.0253. The van der Waals surface area contributed by atoms with Crippen molar-refractivity contribution in [2.75, 3.05) is 27.3 Å². The molecule has 0 atom stereocenters. The molecule has 0 aliphatic heterocycles. The van der Waals surface area contributed by atoms with Crippen molar-refractivity contribution in [2.24, 2.45) is 0 Å². The van der Waals surface area contributed by atoms with Crippen molar-refractivity contribution in [1.29, 1.82) is 0 Å². The molecule has 0 radical (unpaired) electrons. The highest BCUT2D eigenvalue weighted by Crippen LogP contribution is 2.24. The average Bonchev–Trinajstić information content (AvgIpc) is 3.00. The second-order valence-corrected chi connectivity index (χ2v) is 6.10. The summed E-state index contributed by atoms with van der Waals surface area (Å²) in [6.07, 6.45) is 1.55. The first-order chi connectivity index (χ1) is 11.7. The van der Waals surface area contributed by atoms with Gasteiger partial charge in [0.2, 0.25) is 0 Å². The molecular formula is C18H24N4O2. The van der Waals surface area contributed by atoms with E-state index in [1.807, 2.05) is 23.7 Å². The summed E-state index contributed by atoms with van der Waals surface area (Å²) in [6, 6.07) is 6.17. The number of hydrogen-bond donors (Lipinski definition) is 2. The van der Waals surface area contributed by atoms with Crippen molar-refractivity contribution in [3.63, 3.8) is 0 Å². The normalized spacial score (nSPS) is 11.6. The van der Waals surface area contributed by atoms with Crippen LogP contribution in [0, 0.1) is 6.92 Å². The lowest BCUT2D eigenvalue weighted by Gasteiger charge is -2.12. The molecule has 0 bridgehead atoms. The molecule has 3 rings (SSSR count). The van der Waals surface area contributed by atoms with E-state index in [0.29, 0.717) is 25.0 Å². The predicted octanol–water partition coefficient (Wildman–Crippen LogP) is 1.98. The summed E-state index contributed by atoms with van der Waals surface area (Å²) in [5.74, 6) is 0. The summed E-state index contributed by atoms with van der Waals surface area (Å²) in [4.78, 5) is 13.1. The molecule has 0 unspecified atom stereocenters. The summed E-state index contributed by atoms with van der Waals surface area (Å²) in [7, 11) is 3.58. The van der Waals surface area contributed by atoms with Crippen LogP contribution in [-0.2, 0) is 17.7 Å². The molecule has 24 heavy (non-hydrogen) atoms. The number of hydrogen-bond acceptors (Lipinski definition) is 4. The first-order valence-corrected chi connectivity index (χ1v) is 8.31. The minimum absolute atomic E-state index is 0.0253. The van der Waals surface area contributed by atoms with Crippen molar-refractivity contribution in [3.05, 3.63) is 39.8 Å². The molecular weight excluding hydrogens is 304 g/mol. The SMILES string of the molecule is CNCCCn1c(=O)c2c(CCOC)[nH]nc2c2cc(C)ccc21. The molecule has 6 nitrogen and oxygen atoms in total. The lowest BCUT2D eigenvalue weighted by molar-refractivity contribution is 0.201. The molecule has 3 aromatic rings. The van der Waals surface area contributed by atoms with Gasteiger partial charge in [0.05, 0.1) is 23.2 Å². The molecule has 6 heteroatoms. The fourth-order valence-corrected chi connectivity index (χ4v) is 3.14. The summed E-state index contributed by atoms with van der Waals surface area (Å²) < 4.78 is 7.03. The lowest BCUT2D eigenvalue weighted by Crippen LogP contribution is -2.23. The first-order valence-electron chi connectivity index (χ1n) is 8.31. The number of benzene rings is 1. The molecule has 0 aliphatic carbocycles. The first kappa shape index (κ1) is 16.7. The minimum Gasteiger partial charge on any atom is -0.384 e. The Bertz CT molecular complexity index is 911. The number of fused-ring (bicyclic) bond motifs is 3. The van der Waals surface area contributed by atoms with Gasteiger partial charge in [-0.25, -0.2) is 0 Å². The highest BCUT2D eigenvalue weighted by atomic mass is 16.5. The van der Waals surface area contributed by atoms with Crippen LogP contribution >= 0.6 is 0 Å². The Labute approximate surface area is 140 Å². The van der Waals surface area contributed by atoms with E-state index < -0.39 is 0 Å². The third-order valence-corrected chi connectivity index (χ3v) is 4.36. The molecule has 2 heterocycles. The van der Waals surface area contributed by atoms with Crippen LogP contribution in [0.2, 0.25) is 0 Å². The largest absolute Gasteiger partial charge is 0.384 e. The van der Waals surface area contributed by atoms with Crippen molar-refractivity contribution in [3.8, 4) is 0 Å².